The van der Waals surface area contributed by atoms with Crippen molar-refractivity contribution in [1.82, 2.24) is 4.98 Å². The van der Waals surface area contributed by atoms with E-state index in [-0.39, 0.29) is 18.1 Å². The molecule has 1 amide bonds. The molecule has 1 aliphatic rings. The molecule has 1 N–H and O–H groups in total. The van der Waals surface area contributed by atoms with Crippen molar-refractivity contribution in [2.45, 2.75) is 32.6 Å². The lowest BCUT2D eigenvalue weighted by Crippen LogP contribution is -2.32. The molecule has 0 spiro atoms. The van der Waals surface area contributed by atoms with Crippen LogP contribution in [-0.2, 0) is 11.2 Å². The predicted molar refractivity (Wildman–Crippen MR) is 116 cm³/mol. The quantitative estimate of drug-likeness (QED) is 0.603. The van der Waals surface area contributed by atoms with Gasteiger partial charge in [-0.3, -0.25) is 4.79 Å². The van der Waals surface area contributed by atoms with Gasteiger partial charge in [0, 0.05) is 42.9 Å². The minimum Gasteiger partial charge on any atom is -0.441 e. The van der Waals surface area contributed by atoms with Crippen molar-refractivity contribution in [2.75, 3.05) is 23.3 Å². The third-order valence-electron chi connectivity index (χ3n) is 5.55. The normalized spacial score (nSPS) is 14.7. The molecule has 2 heterocycles. The van der Waals surface area contributed by atoms with Gasteiger partial charge in [0.25, 0.3) is 0 Å². The summed E-state index contributed by atoms with van der Waals surface area (Å²) >= 11 is 0. The third-order valence-corrected chi connectivity index (χ3v) is 5.55. The van der Waals surface area contributed by atoms with E-state index < -0.39 is 0 Å². The molecule has 0 aliphatic carbocycles. The maximum absolute atomic E-state index is 13.0. The molecule has 2 aromatic carbocycles. The van der Waals surface area contributed by atoms with Crippen LogP contribution in [0.3, 0.4) is 0 Å². The van der Waals surface area contributed by atoms with E-state index in [9.17, 15) is 9.18 Å². The van der Waals surface area contributed by atoms with Gasteiger partial charge in [0.15, 0.2) is 11.7 Å². The summed E-state index contributed by atoms with van der Waals surface area (Å²) in [6, 6.07) is 14.1. The number of hydrogen-bond donors (Lipinski definition) is 1. The molecule has 0 saturated carbocycles. The molecule has 0 atom stereocenters. The number of anilines is 2. The number of oxazole rings is 1. The molecule has 0 bridgehead atoms. The van der Waals surface area contributed by atoms with Crippen LogP contribution in [0, 0.1) is 11.7 Å². The lowest BCUT2D eigenvalue weighted by Gasteiger charge is -2.32. The summed E-state index contributed by atoms with van der Waals surface area (Å²) in [4.78, 5) is 18.9. The van der Waals surface area contributed by atoms with Gasteiger partial charge in [-0.25, -0.2) is 9.37 Å². The van der Waals surface area contributed by atoms with Crippen molar-refractivity contribution in [2.24, 2.45) is 5.92 Å². The average molecular weight is 407 g/mol. The zero-order valence-electron chi connectivity index (χ0n) is 17.1. The van der Waals surface area contributed by atoms with Crippen molar-refractivity contribution in [3.63, 3.8) is 0 Å². The van der Waals surface area contributed by atoms with Crippen LogP contribution in [0.25, 0.3) is 11.3 Å². The molecular weight excluding hydrogens is 381 g/mol. The van der Waals surface area contributed by atoms with E-state index >= 15 is 0 Å². The van der Waals surface area contributed by atoms with Crippen LogP contribution in [0.15, 0.2) is 59.1 Å². The Morgan fingerprint density at radius 1 is 1.13 bits per heavy atom. The summed E-state index contributed by atoms with van der Waals surface area (Å²) in [6.45, 7) is 4.48. The van der Waals surface area contributed by atoms with Gasteiger partial charge in [-0.15, -0.1) is 0 Å². The highest BCUT2D eigenvalue weighted by molar-refractivity contribution is 5.91. The fraction of sp³-hybridized carbons (Fsp3) is 0.333. The van der Waals surface area contributed by atoms with Crippen LogP contribution >= 0.6 is 0 Å². The first-order chi connectivity index (χ1) is 14.6. The second-order valence-electron chi connectivity index (χ2n) is 7.89. The Balaban J connectivity index is 1.27. The molecule has 1 saturated heterocycles. The van der Waals surface area contributed by atoms with Gasteiger partial charge < -0.3 is 14.6 Å². The van der Waals surface area contributed by atoms with E-state index in [0.717, 1.165) is 30.3 Å². The summed E-state index contributed by atoms with van der Waals surface area (Å²) in [5.74, 6) is 1.47. The SMILES string of the molecule is CC1CCN(c2ccc(NC(=O)CCc3ncc(-c4ccc(F)cc4)o3)cc2)CC1. The molecule has 3 aromatic rings. The first kappa shape index (κ1) is 20.1. The monoisotopic (exact) mass is 407 g/mol. The molecule has 5 nitrogen and oxygen atoms in total. The van der Waals surface area contributed by atoms with E-state index in [0.29, 0.717) is 18.1 Å². The smallest absolute Gasteiger partial charge is 0.224 e. The largest absolute Gasteiger partial charge is 0.441 e. The molecule has 30 heavy (non-hydrogen) atoms. The zero-order valence-corrected chi connectivity index (χ0v) is 17.1. The van der Waals surface area contributed by atoms with Crippen LogP contribution in [0.5, 0.6) is 0 Å². The molecule has 1 aliphatic heterocycles. The number of aromatic nitrogens is 1. The van der Waals surface area contributed by atoms with Crippen molar-refractivity contribution in [3.05, 3.63) is 66.4 Å². The standard InChI is InChI=1S/C24H26FN3O2/c1-17-12-14-28(15-13-17)21-8-6-20(7-9-21)27-23(29)10-11-24-26-16-22(30-24)18-2-4-19(25)5-3-18/h2-9,16-17H,10-15H2,1H3,(H,27,29). The Kier molecular flexibility index (Phi) is 6.12. The maximum atomic E-state index is 13.0. The highest BCUT2D eigenvalue weighted by Gasteiger charge is 2.16. The lowest BCUT2D eigenvalue weighted by atomic mass is 9.99. The van der Waals surface area contributed by atoms with Crippen LogP contribution in [-0.4, -0.2) is 24.0 Å². The molecule has 1 fully saturated rings. The molecule has 0 radical (unpaired) electrons. The topological polar surface area (TPSA) is 58.4 Å². The van der Waals surface area contributed by atoms with Crippen LogP contribution in [0.1, 0.15) is 32.1 Å². The molecule has 156 valence electrons. The minimum absolute atomic E-state index is 0.0870. The Hall–Kier alpha value is -3.15. The fourth-order valence-electron chi connectivity index (χ4n) is 3.64. The van der Waals surface area contributed by atoms with Gasteiger partial charge in [0.1, 0.15) is 5.82 Å². The number of rotatable bonds is 6. The number of hydrogen-bond acceptors (Lipinski definition) is 4. The van der Waals surface area contributed by atoms with E-state index in [1.54, 1.807) is 18.3 Å². The van der Waals surface area contributed by atoms with E-state index in [4.69, 9.17) is 4.42 Å². The number of amides is 1. The molecule has 4 rings (SSSR count). The Labute approximate surface area is 175 Å². The highest BCUT2D eigenvalue weighted by Crippen LogP contribution is 2.25. The summed E-state index contributed by atoms with van der Waals surface area (Å²) in [5.41, 5.74) is 2.74. The number of carbonyl (C=O) groups is 1. The van der Waals surface area contributed by atoms with Gasteiger partial charge in [-0.05, 0) is 67.3 Å². The molecule has 6 heteroatoms. The lowest BCUT2D eigenvalue weighted by molar-refractivity contribution is -0.116. The minimum atomic E-state index is -0.297. The zero-order chi connectivity index (χ0) is 20.9. The van der Waals surface area contributed by atoms with Gasteiger partial charge in [0.2, 0.25) is 5.91 Å². The van der Waals surface area contributed by atoms with Crippen molar-refractivity contribution in [1.29, 1.82) is 0 Å². The van der Waals surface area contributed by atoms with E-state index in [1.807, 2.05) is 12.1 Å². The van der Waals surface area contributed by atoms with Gasteiger partial charge in [0.05, 0.1) is 6.20 Å². The summed E-state index contributed by atoms with van der Waals surface area (Å²) in [5, 5.41) is 2.93. The van der Waals surface area contributed by atoms with Gasteiger partial charge >= 0.3 is 0 Å². The first-order valence-corrected chi connectivity index (χ1v) is 10.4. The highest BCUT2D eigenvalue weighted by atomic mass is 19.1. The van der Waals surface area contributed by atoms with Crippen LogP contribution < -0.4 is 10.2 Å². The Morgan fingerprint density at radius 3 is 2.53 bits per heavy atom. The number of benzene rings is 2. The van der Waals surface area contributed by atoms with Gasteiger partial charge in [-0.1, -0.05) is 6.92 Å². The molecular formula is C24H26FN3O2. The number of aryl methyl sites for hydroxylation is 1. The number of nitrogens with one attached hydrogen (secondary N) is 1. The van der Waals surface area contributed by atoms with Crippen molar-refractivity contribution in [3.8, 4) is 11.3 Å². The second kappa shape index (κ2) is 9.11. The summed E-state index contributed by atoms with van der Waals surface area (Å²) in [7, 11) is 0. The van der Waals surface area contributed by atoms with Crippen molar-refractivity contribution < 1.29 is 13.6 Å². The number of halogens is 1. The van der Waals surface area contributed by atoms with E-state index in [2.05, 4.69) is 34.3 Å². The summed E-state index contributed by atoms with van der Waals surface area (Å²) in [6.07, 6.45) is 4.72. The number of nitrogens with zero attached hydrogens (tertiary/aromatic N) is 2. The molecule has 1 aromatic heterocycles. The second-order valence-corrected chi connectivity index (χ2v) is 7.89. The van der Waals surface area contributed by atoms with E-state index in [1.165, 1.54) is 30.7 Å². The maximum Gasteiger partial charge on any atom is 0.224 e. The van der Waals surface area contributed by atoms with Crippen LogP contribution in [0.2, 0.25) is 0 Å². The number of piperidine rings is 1. The summed E-state index contributed by atoms with van der Waals surface area (Å²) < 4.78 is 18.7. The third kappa shape index (κ3) is 5.06. The van der Waals surface area contributed by atoms with Crippen molar-refractivity contribution >= 4 is 17.3 Å². The fourth-order valence-corrected chi connectivity index (χ4v) is 3.64. The number of carbonyl (C=O) groups excluding carboxylic acids is 1. The predicted octanol–water partition coefficient (Wildman–Crippen LogP) is 5.29. The first-order valence-electron chi connectivity index (χ1n) is 10.4. The Morgan fingerprint density at radius 2 is 1.83 bits per heavy atom. The molecule has 0 unspecified atom stereocenters. The van der Waals surface area contributed by atoms with Crippen LogP contribution in [0.4, 0.5) is 15.8 Å². The Bertz CT molecular complexity index is 974. The van der Waals surface area contributed by atoms with Gasteiger partial charge in [-0.2, -0.15) is 0 Å². The average Bonchev–Trinajstić information content (AvgIpc) is 3.23.